The summed E-state index contributed by atoms with van der Waals surface area (Å²) in [6.07, 6.45) is 0.232. The fraction of sp³-hybridized carbons (Fsp3) is 0.333. The van der Waals surface area contributed by atoms with Gasteiger partial charge in [-0.25, -0.2) is 4.79 Å². The van der Waals surface area contributed by atoms with Crippen LogP contribution in [0.1, 0.15) is 38.8 Å². The Bertz CT molecular complexity index is 870. The largest absolute Gasteiger partial charge is 0.450 e. The van der Waals surface area contributed by atoms with Crippen molar-refractivity contribution < 1.29 is 14.3 Å². The molecule has 0 saturated heterocycles. The van der Waals surface area contributed by atoms with Crippen molar-refractivity contribution in [1.82, 2.24) is 0 Å². The molecule has 2 amide bonds. The van der Waals surface area contributed by atoms with E-state index in [1.54, 1.807) is 24.8 Å². The van der Waals surface area contributed by atoms with Gasteiger partial charge in [0.2, 0.25) is 5.91 Å². The quantitative estimate of drug-likeness (QED) is 0.738. The Morgan fingerprint density at radius 2 is 1.86 bits per heavy atom. The summed E-state index contributed by atoms with van der Waals surface area (Å²) >= 11 is 5.98. The minimum absolute atomic E-state index is 0.00945. The number of amides is 2. The van der Waals surface area contributed by atoms with Crippen LogP contribution in [0.25, 0.3) is 0 Å². The van der Waals surface area contributed by atoms with E-state index in [4.69, 9.17) is 16.3 Å². The van der Waals surface area contributed by atoms with Crippen molar-refractivity contribution in [2.24, 2.45) is 0 Å². The Balaban J connectivity index is 1.95. The molecule has 0 aromatic heterocycles. The summed E-state index contributed by atoms with van der Waals surface area (Å²) in [5.74, 6) is -0.00945. The minimum atomic E-state index is -0.503. The number of benzene rings is 2. The Morgan fingerprint density at radius 1 is 1.18 bits per heavy atom. The Labute approximate surface area is 169 Å². The van der Waals surface area contributed by atoms with Gasteiger partial charge in [0, 0.05) is 40.6 Å². The maximum atomic E-state index is 12.2. The molecule has 2 aromatic carbocycles. The van der Waals surface area contributed by atoms with Gasteiger partial charge in [-0.2, -0.15) is 0 Å². The van der Waals surface area contributed by atoms with Crippen molar-refractivity contribution >= 4 is 40.7 Å². The average molecular weight is 402 g/mol. The van der Waals surface area contributed by atoms with Crippen LogP contribution in [-0.2, 0) is 9.53 Å². The van der Waals surface area contributed by atoms with Crippen LogP contribution in [-0.4, -0.2) is 24.6 Å². The molecule has 3 rings (SSSR count). The van der Waals surface area contributed by atoms with Gasteiger partial charge in [-0.15, -0.1) is 0 Å². The third-order valence-electron chi connectivity index (χ3n) is 4.73. The van der Waals surface area contributed by atoms with E-state index in [0.717, 1.165) is 23.4 Å². The molecular weight excluding hydrogens is 378 g/mol. The molecule has 28 heavy (non-hydrogen) atoms. The molecule has 2 atom stereocenters. The monoisotopic (exact) mass is 401 g/mol. The fourth-order valence-electron chi connectivity index (χ4n) is 3.59. The number of halogens is 1. The predicted octanol–water partition coefficient (Wildman–Crippen LogP) is 5.21. The summed E-state index contributed by atoms with van der Waals surface area (Å²) in [6, 6.07) is 13.1. The molecule has 1 aliphatic heterocycles. The zero-order valence-corrected chi connectivity index (χ0v) is 16.9. The highest BCUT2D eigenvalue weighted by Crippen LogP contribution is 2.40. The molecule has 1 aliphatic rings. The number of fused-ring (bicyclic) bond motifs is 1. The van der Waals surface area contributed by atoms with Crippen LogP contribution in [0.4, 0.5) is 21.9 Å². The predicted molar refractivity (Wildman–Crippen MR) is 112 cm³/mol. The smallest absolute Gasteiger partial charge is 0.411 e. The van der Waals surface area contributed by atoms with Gasteiger partial charge in [-0.3, -0.25) is 10.1 Å². The van der Waals surface area contributed by atoms with E-state index >= 15 is 0 Å². The van der Waals surface area contributed by atoms with Gasteiger partial charge < -0.3 is 15.0 Å². The molecule has 2 unspecified atom stereocenters. The highest BCUT2D eigenvalue weighted by molar-refractivity contribution is 6.30. The number of nitrogens with zero attached hydrogens (tertiary/aromatic N) is 1. The summed E-state index contributed by atoms with van der Waals surface area (Å²) in [7, 11) is 0. The van der Waals surface area contributed by atoms with Crippen molar-refractivity contribution in [2.45, 2.75) is 39.3 Å². The second-order valence-electron chi connectivity index (χ2n) is 6.80. The highest BCUT2D eigenvalue weighted by atomic mass is 35.5. The summed E-state index contributed by atoms with van der Waals surface area (Å²) in [5, 5.41) is 6.92. The average Bonchev–Trinajstić information content (AvgIpc) is 2.64. The van der Waals surface area contributed by atoms with Gasteiger partial charge in [0.1, 0.15) is 0 Å². The summed E-state index contributed by atoms with van der Waals surface area (Å²) in [6.45, 7) is 5.65. The summed E-state index contributed by atoms with van der Waals surface area (Å²) in [5.41, 5.74) is 3.34. The number of nitrogens with one attached hydrogen (secondary N) is 2. The van der Waals surface area contributed by atoms with Gasteiger partial charge in [0.25, 0.3) is 0 Å². The van der Waals surface area contributed by atoms with E-state index in [1.807, 2.05) is 43.3 Å². The van der Waals surface area contributed by atoms with Crippen LogP contribution < -0.4 is 15.5 Å². The van der Waals surface area contributed by atoms with Gasteiger partial charge in [-0.1, -0.05) is 11.6 Å². The molecule has 0 radical (unpaired) electrons. The van der Waals surface area contributed by atoms with Crippen molar-refractivity contribution in [2.75, 3.05) is 22.1 Å². The molecule has 0 saturated carbocycles. The van der Waals surface area contributed by atoms with Crippen molar-refractivity contribution in [3.05, 3.63) is 53.1 Å². The van der Waals surface area contributed by atoms with Crippen molar-refractivity contribution in [3.63, 3.8) is 0 Å². The van der Waals surface area contributed by atoms with Crippen molar-refractivity contribution in [3.8, 4) is 0 Å². The number of ether oxygens (including phenoxy) is 1. The third kappa shape index (κ3) is 4.39. The number of hydrogen-bond donors (Lipinski definition) is 2. The van der Waals surface area contributed by atoms with E-state index in [-0.39, 0.29) is 18.0 Å². The van der Waals surface area contributed by atoms with Crippen LogP contribution in [0, 0.1) is 0 Å². The molecule has 6 nitrogen and oxygen atoms in total. The number of hydrogen-bond acceptors (Lipinski definition) is 4. The summed E-state index contributed by atoms with van der Waals surface area (Å²) in [4.78, 5) is 25.8. The van der Waals surface area contributed by atoms with E-state index in [0.29, 0.717) is 17.3 Å². The van der Waals surface area contributed by atoms with E-state index in [2.05, 4.69) is 10.6 Å². The normalized spacial score (nSPS) is 18.2. The number of anilines is 3. The first kappa shape index (κ1) is 20.0. The van der Waals surface area contributed by atoms with E-state index < -0.39 is 6.09 Å². The first-order valence-corrected chi connectivity index (χ1v) is 9.66. The number of carbonyl (C=O) groups is 2. The zero-order chi connectivity index (χ0) is 20.3. The lowest BCUT2D eigenvalue weighted by molar-refractivity contribution is -0.117. The molecule has 2 aromatic rings. The van der Waals surface area contributed by atoms with E-state index in [1.165, 1.54) is 0 Å². The molecule has 7 heteroatoms. The van der Waals surface area contributed by atoms with Crippen LogP contribution in [0.5, 0.6) is 0 Å². The maximum absolute atomic E-state index is 12.2. The standard InChI is InChI=1S/C21H24ClN3O3/c1-4-28-21(27)24-17-9-10-20-18(12-17)19(11-13(2)25(20)14(3)26)23-16-7-5-15(22)6-8-16/h5-10,12-13,19,23H,4,11H2,1-3H3,(H,24,27). The van der Waals surface area contributed by atoms with Crippen molar-refractivity contribution in [1.29, 1.82) is 0 Å². The Kier molecular flexibility index (Phi) is 6.09. The molecule has 1 heterocycles. The highest BCUT2D eigenvalue weighted by Gasteiger charge is 2.32. The maximum Gasteiger partial charge on any atom is 0.411 e. The van der Waals surface area contributed by atoms with Crippen LogP contribution in [0.2, 0.25) is 5.02 Å². The molecule has 0 bridgehead atoms. The molecular formula is C21H24ClN3O3. The minimum Gasteiger partial charge on any atom is -0.450 e. The van der Waals surface area contributed by atoms with Crippen LogP contribution in [0.3, 0.4) is 0 Å². The fourth-order valence-corrected chi connectivity index (χ4v) is 3.72. The lowest BCUT2D eigenvalue weighted by Gasteiger charge is -2.39. The molecule has 2 N–H and O–H groups in total. The van der Waals surface area contributed by atoms with E-state index in [9.17, 15) is 9.59 Å². The Morgan fingerprint density at radius 3 is 2.50 bits per heavy atom. The number of rotatable bonds is 4. The van der Waals surface area contributed by atoms with Gasteiger partial charge in [0.15, 0.2) is 0 Å². The van der Waals surface area contributed by atoms with Gasteiger partial charge in [0.05, 0.1) is 12.6 Å². The number of carbonyl (C=O) groups excluding carboxylic acids is 2. The second kappa shape index (κ2) is 8.52. The Hall–Kier alpha value is -2.73. The zero-order valence-electron chi connectivity index (χ0n) is 16.2. The molecule has 148 valence electrons. The SMILES string of the molecule is CCOC(=O)Nc1ccc2c(c1)C(Nc1ccc(Cl)cc1)CC(C)N2C(C)=O. The third-order valence-corrected chi connectivity index (χ3v) is 4.98. The lowest BCUT2D eigenvalue weighted by Crippen LogP contribution is -2.43. The lowest BCUT2D eigenvalue weighted by atomic mass is 9.91. The first-order chi connectivity index (χ1) is 13.4. The van der Waals surface area contributed by atoms with Crippen LogP contribution >= 0.6 is 11.6 Å². The van der Waals surface area contributed by atoms with Gasteiger partial charge >= 0.3 is 6.09 Å². The van der Waals surface area contributed by atoms with Gasteiger partial charge in [-0.05, 0) is 62.7 Å². The summed E-state index contributed by atoms with van der Waals surface area (Å²) < 4.78 is 4.96. The molecule has 0 aliphatic carbocycles. The molecule has 0 spiro atoms. The molecule has 0 fully saturated rings. The van der Waals surface area contributed by atoms with Crippen LogP contribution in [0.15, 0.2) is 42.5 Å². The topological polar surface area (TPSA) is 70.7 Å². The first-order valence-electron chi connectivity index (χ1n) is 9.28. The second-order valence-corrected chi connectivity index (χ2v) is 7.23.